The Morgan fingerprint density at radius 2 is 0.476 bits per heavy atom. The molecule has 0 heterocycles. The number of nitrogens with zero attached hydrogens (tertiary/aromatic N) is 3. The molecule has 3 nitrogen and oxygen atoms in total. The average Bonchev–Trinajstić information content (AvgIpc) is 4.30. The molecule has 3 aliphatic rings. The van der Waals surface area contributed by atoms with Crippen LogP contribution in [-0.2, 0) is 16.2 Å². The van der Waals surface area contributed by atoms with Gasteiger partial charge in [0.2, 0.25) is 0 Å². The Labute approximate surface area is 479 Å². The van der Waals surface area contributed by atoms with Gasteiger partial charge in [-0.25, -0.2) is 9.69 Å². The lowest BCUT2D eigenvalue weighted by Gasteiger charge is -2.35. The molecule has 4 heteroatoms. The van der Waals surface area contributed by atoms with Gasteiger partial charge in [0.25, 0.3) is 0 Å². The topological polar surface area (TPSA) is 32.5 Å². The first-order valence-corrected chi connectivity index (χ1v) is 29.0. The van der Waals surface area contributed by atoms with Crippen molar-refractivity contribution >= 4 is 35.2 Å². The maximum Gasteiger partial charge on any atom is 0.187 e. The highest BCUT2D eigenvalue weighted by atomic mass is 31.1. The van der Waals surface area contributed by atoms with E-state index in [2.05, 4.69) is 271 Å². The third-order valence-corrected chi connectivity index (χ3v) is 20.3. The Kier molecular flexibility index (Phi) is 11.3. The molecule has 0 aromatic heterocycles. The molecule has 0 saturated heterocycles. The van der Waals surface area contributed by atoms with E-state index in [-0.39, 0.29) is 0 Å². The monoisotopic (exact) mass is 1060 g/mol. The molecule has 0 saturated carbocycles. The van der Waals surface area contributed by atoms with E-state index in [1.54, 1.807) is 0 Å². The fourth-order valence-corrected chi connectivity index (χ4v) is 16.7. The molecule has 3 aliphatic carbocycles. The number of rotatable bonds is 9. The average molecular weight is 1060 g/mol. The van der Waals surface area contributed by atoms with Crippen molar-refractivity contribution in [2.45, 2.75) is 16.2 Å². The lowest BCUT2D eigenvalue weighted by atomic mass is 9.67. The van der Waals surface area contributed by atoms with Gasteiger partial charge in [0, 0.05) is 0 Å². The standard InChI is InChI=1S/C78H48N3P/c1-80-59-41-31-54(32-42-59)77(72-23-11-5-17-66(72)67-18-6-12-24-73(67)77)57-37-47-62(48-38-57)82(61-45-35-56(36-46-61)76(53-29-27-52(51-79)28-30-53)70-21-9-3-15-64(70)65-16-4-10-22-71(65)76)63-49-39-58(40-50-63)78(55-33-43-60(81-2)44-34-55)74-25-13-7-19-68(74)69-20-8-14-26-75(69)78/h3-50H. The number of hydrogen-bond donors (Lipinski definition) is 0. The van der Waals surface area contributed by atoms with Crippen molar-refractivity contribution in [3.63, 3.8) is 0 Å². The van der Waals surface area contributed by atoms with E-state index in [1.165, 1.54) is 82.7 Å². The van der Waals surface area contributed by atoms with Gasteiger partial charge in [0.15, 0.2) is 11.4 Å². The molecular weight excluding hydrogens is 1010 g/mol. The molecule has 0 fully saturated rings. The van der Waals surface area contributed by atoms with Crippen LogP contribution in [0.3, 0.4) is 0 Å². The fourth-order valence-electron chi connectivity index (χ4n) is 14.5. The first kappa shape index (κ1) is 48.6. The van der Waals surface area contributed by atoms with Gasteiger partial charge < -0.3 is 0 Å². The fraction of sp³-hybridized carbons (Fsp3) is 0.0385. The number of fused-ring (bicyclic) bond motifs is 9. The minimum atomic E-state index is -1.17. The van der Waals surface area contributed by atoms with E-state index in [9.17, 15) is 5.26 Å². The first-order chi connectivity index (χ1) is 40.5. The molecular formula is C78H48N3P. The highest BCUT2D eigenvalue weighted by Crippen LogP contribution is 2.59. The smallest absolute Gasteiger partial charge is 0.187 e. The quantitative estimate of drug-likeness (QED) is 0.105. The molecule has 0 atom stereocenters. The van der Waals surface area contributed by atoms with Crippen molar-refractivity contribution in [1.29, 1.82) is 5.26 Å². The molecule has 380 valence electrons. The largest absolute Gasteiger partial charge is 0.238 e. The Hall–Kier alpha value is -10.5. The van der Waals surface area contributed by atoms with Gasteiger partial charge in [-0.15, -0.1) is 0 Å². The van der Waals surface area contributed by atoms with Crippen molar-refractivity contribution in [1.82, 2.24) is 0 Å². The molecule has 0 unspecified atom stereocenters. The Bertz CT molecular complexity index is 4020. The Balaban J connectivity index is 0.928. The normalized spacial score (nSPS) is 14.0. The van der Waals surface area contributed by atoms with Gasteiger partial charge in [0.05, 0.1) is 41.0 Å². The highest BCUT2D eigenvalue weighted by molar-refractivity contribution is 7.79. The summed E-state index contributed by atoms with van der Waals surface area (Å²) in [6.07, 6.45) is 0. The maximum atomic E-state index is 9.96. The summed E-state index contributed by atoms with van der Waals surface area (Å²) in [6.45, 7) is 15.7. The van der Waals surface area contributed by atoms with Crippen LogP contribution in [0.25, 0.3) is 43.1 Å². The summed E-state index contributed by atoms with van der Waals surface area (Å²) in [5.41, 5.74) is 21.5. The van der Waals surface area contributed by atoms with Crippen molar-refractivity contribution in [3.8, 4) is 39.4 Å². The van der Waals surface area contributed by atoms with E-state index in [4.69, 9.17) is 13.1 Å². The van der Waals surface area contributed by atoms with E-state index in [1.807, 2.05) is 36.4 Å². The predicted octanol–water partition coefficient (Wildman–Crippen LogP) is 17.5. The summed E-state index contributed by atoms with van der Waals surface area (Å²) in [4.78, 5) is 7.58. The third-order valence-electron chi connectivity index (χ3n) is 17.8. The maximum absolute atomic E-state index is 9.96. The van der Waals surface area contributed by atoms with Gasteiger partial charge in [0.1, 0.15) is 0 Å². The van der Waals surface area contributed by atoms with Crippen LogP contribution in [0.1, 0.15) is 72.3 Å². The van der Waals surface area contributed by atoms with Crippen molar-refractivity contribution in [2.75, 3.05) is 0 Å². The van der Waals surface area contributed by atoms with Gasteiger partial charge >= 0.3 is 0 Å². The molecule has 0 spiro atoms. The predicted molar refractivity (Wildman–Crippen MR) is 334 cm³/mol. The molecule has 12 aromatic carbocycles. The minimum Gasteiger partial charge on any atom is -0.238 e. The summed E-state index contributed by atoms with van der Waals surface area (Å²) >= 11 is 0. The third kappa shape index (κ3) is 6.90. The summed E-state index contributed by atoms with van der Waals surface area (Å²) in [5.74, 6) is 0. The lowest BCUT2D eigenvalue weighted by molar-refractivity contribution is 0.768. The second kappa shape index (κ2) is 19.1. The van der Waals surface area contributed by atoms with Gasteiger partial charge in [-0.05, 0) is 136 Å². The van der Waals surface area contributed by atoms with Crippen LogP contribution in [0.2, 0.25) is 0 Å². The van der Waals surface area contributed by atoms with Gasteiger partial charge in [-0.1, -0.05) is 279 Å². The summed E-state index contributed by atoms with van der Waals surface area (Å²) in [5, 5.41) is 13.6. The van der Waals surface area contributed by atoms with E-state index in [0.717, 1.165) is 33.4 Å². The second-order valence-corrected chi connectivity index (χ2v) is 23.7. The second-order valence-electron chi connectivity index (χ2n) is 21.5. The van der Waals surface area contributed by atoms with Gasteiger partial charge in [-0.2, -0.15) is 5.26 Å². The van der Waals surface area contributed by atoms with Crippen molar-refractivity contribution < 1.29 is 0 Å². The van der Waals surface area contributed by atoms with Crippen LogP contribution < -0.4 is 15.9 Å². The zero-order valence-corrected chi connectivity index (χ0v) is 45.4. The van der Waals surface area contributed by atoms with Crippen LogP contribution in [0.5, 0.6) is 0 Å². The molecule has 0 N–H and O–H groups in total. The SMILES string of the molecule is [C-]#[N+]c1ccc(C2(c3ccc(P(c4ccc(C5(c6ccc(C#N)cc6)c6ccccc6-c6ccccc65)cc4)c4ccc(C5(c6ccc([N+]#[C-])cc6)c6ccccc6-c6ccccc65)cc4)cc3)c3ccccc3-c3ccccc32)cc1. The van der Waals surface area contributed by atoms with Crippen molar-refractivity contribution in [2.24, 2.45) is 0 Å². The van der Waals surface area contributed by atoms with E-state index in [0.29, 0.717) is 16.9 Å². The Morgan fingerprint density at radius 1 is 0.268 bits per heavy atom. The highest BCUT2D eigenvalue weighted by Gasteiger charge is 2.49. The molecule has 0 aliphatic heterocycles. The van der Waals surface area contributed by atoms with Crippen LogP contribution >= 0.6 is 7.92 Å². The van der Waals surface area contributed by atoms with Crippen LogP contribution in [0.4, 0.5) is 11.4 Å². The summed E-state index contributed by atoms with van der Waals surface area (Å²) in [6, 6.07) is 108. The van der Waals surface area contributed by atoms with Crippen LogP contribution in [-0.4, -0.2) is 0 Å². The zero-order chi connectivity index (χ0) is 55.0. The van der Waals surface area contributed by atoms with E-state index >= 15 is 0 Å². The van der Waals surface area contributed by atoms with Crippen LogP contribution in [0, 0.1) is 24.5 Å². The first-order valence-electron chi connectivity index (χ1n) is 27.7. The van der Waals surface area contributed by atoms with E-state index < -0.39 is 24.2 Å². The minimum absolute atomic E-state index is 0.617. The molecule has 0 bridgehead atoms. The van der Waals surface area contributed by atoms with Crippen LogP contribution in [0.15, 0.2) is 291 Å². The lowest BCUT2D eigenvalue weighted by Crippen LogP contribution is -2.30. The van der Waals surface area contributed by atoms with Gasteiger partial charge in [-0.3, -0.25) is 0 Å². The molecule has 12 aromatic rings. The number of benzene rings is 12. The summed E-state index contributed by atoms with van der Waals surface area (Å²) < 4.78 is 0. The molecule has 0 radical (unpaired) electrons. The molecule has 82 heavy (non-hydrogen) atoms. The van der Waals surface area contributed by atoms with Crippen molar-refractivity contribution in [3.05, 3.63) is 386 Å². The summed E-state index contributed by atoms with van der Waals surface area (Å²) in [7, 11) is -1.17. The molecule has 0 amide bonds. The molecule has 15 rings (SSSR count). The zero-order valence-electron chi connectivity index (χ0n) is 44.5. The Morgan fingerprint density at radius 3 is 0.695 bits per heavy atom. The number of hydrogen-bond acceptors (Lipinski definition) is 1. The number of nitriles is 1.